The molecule has 1 amide bonds. The molecule has 0 aliphatic rings. The number of nitrogens with zero attached hydrogens (tertiary/aromatic N) is 2. The largest absolute Gasteiger partial charge is 0.360 e. The molecular weight excluding hydrogens is 402 g/mol. The topological polar surface area (TPSA) is 104 Å². The Morgan fingerprint density at radius 3 is 1.91 bits per heavy atom. The van der Waals surface area contributed by atoms with Crippen LogP contribution >= 0.6 is 0 Å². The first-order valence-corrected chi connectivity index (χ1v) is 10.1. The zero-order valence-electron chi connectivity index (χ0n) is 17.2. The number of Topliss-reactive ketones (excluding diaryl/α,β-unsaturated/α-hetero) is 1. The molecule has 3 heterocycles. The summed E-state index contributed by atoms with van der Waals surface area (Å²) >= 11 is 0. The van der Waals surface area contributed by atoms with Crippen molar-refractivity contribution in [2.45, 2.75) is 6.92 Å². The Morgan fingerprint density at radius 1 is 0.750 bits per heavy atom. The second-order valence-electron chi connectivity index (χ2n) is 7.38. The first kappa shape index (κ1) is 19.4. The highest BCUT2D eigenvalue weighted by Gasteiger charge is 2.16. The molecule has 0 radical (unpaired) electrons. The summed E-state index contributed by atoms with van der Waals surface area (Å²) in [5.41, 5.74) is 6.10. The molecule has 0 saturated carbocycles. The zero-order chi connectivity index (χ0) is 22.1. The van der Waals surface area contributed by atoms with E-state index in [9.17, 15) is 9.59 Å². The number of hydrogen-bond donors (Lipinski definition) is 3. The van der Waals surface area contributed by atoms with Crippen molar-refractivity contribution in [1.82, 2.24) is 19.9 Å². The third-order valence-corrected chi connectivity index (χ3v) is 5.18. The van der Waals surface area contributed by atoms with Crippen LogP contribution in [0.3, 0.4) is 0 Å². The fourth-order valence-electron chi connectivity index (χ4n) is 3.52. The summed E-state index contributed by atoms with van der Waals surface area (Å²) in [6, 6.07) is 19.7. The Morgan fingerprint density at radius 2 is 1.34 bits per heavy atom. The lowest BCUT2D eigenvalue weighted by Gasteiger charge is -2.10. The summed E-state index contributed by atoms with van der Waals surface area (Å²) in [7, 11) is 0. The van der Waals surface area contributed by atoms with Crippen LogP contribution < -0.4 is 5.32 Å². The number of anilines is 1. The fraction of sp³-hybridized carbons (Fsp3) is 0.0400. The van der Waals surface area contributed by atoms with Gasteiger partial charge in [-0.25, -0.2) is 9.97 Å². The van der Waals surface area contributed by atoms with E-state index in [0.29, 0.717) is 33.5 Å². The lowest BCUT2D eigenvalue weighted by molar-refractivity contribution is 0.101. The van der Waals surface area contributed by atoms with Crippen LogP contribution in [0.1, 0.15) is 27.6 Å². The molecule has 0 fully saturated rings. The minimum Gasteiger partial charge on any atom is -0.360 e. The summed E-state index contributed by atoms with van der Waals surface area (Å²) < 4.78 is 0. The van der Waals surface area contributed by atoms with Crippen LogP contribution in [-0.2, 0) is 0 Å². The maximum Gasteiger partial charge on any atom is 0.255 e. The molecule has 0 spiro atoms. The molecule has 0 aliphatic heterocycles. The van der Waals surface area contributed by atoms with Gasteiger partial charge in [0.25, 0.3) is 5.91 Å². The summed E-state index contributed by atoms with van der Waals surface area (Å²) in [4.78, 5) is 40.2. The third-order valence-electron chi connectivity index (χ3n) is 5.18. The van der Waals surface area contributed by atoms with E-state index in [1.165, 1.54) is 6.92 Å². The van der Waals surface area contributed by atoms with Gasteiger partial charge in [0, 0.05) is 29.2 Å². The summed E-state index contributed by atoms with van der Waals surface area (Å²) in [6.07, 6.45) is 3.68. The van der Waals surface area contributed by atoms with Crippen molar-refractivity contribution in [3.8, 4) is 22.8 Å². The van der Waals surface area contributed by atoms with E-state index < -0.39 is 0 Å². The van der Waals surface area contributed by atoms with Crippen LogP contribution in [0.15, 0.2) is 79.1 Å². The Hall–Kier alpha value is -4.52. The SMILES string of the molecule is CC(=O)c1ccc(NC(=O)c2ccc3nc(-c4ccc[nH]4)c(-c4ccc[nH]4)nc3c2)cc1. The maximum absolute atomic E-state index is 12.8. The van der Waals surface area contributed by atoms with Gasteiger partial charge in [-0.3, -0.25) is 9.59 Å². The van der Waals surface area contributed by atoms with Gasteiger partial charge in [0.05, 0.1) is 22.4 Å². The predicted octanol–water partition coefficient (Wildman–Crippen LogP) is 5.07. The van der Waals surface area contributed by atoms with E-state index in [2.05, 4.69) is 15.3 Å². The molecule has 0 aliphatic carbocycles. The molecule has 7 nitrogen and oxygen atoms in total. The number of benzene rings is 2. The number of nitrogens with one attached hydrogen (secondary N) is 3. The Balaban J connectivity index is 1.51. The van der Waals surface area contributed by atoms with E-state index in [1.54, 1.807) is 42.5 Å². The summed E-state index contributed by atoms with van der Waals surface area (Å²) in [6.45, 7) is 1.51. The summed E-state index contributed by atoms with van der Waals surface area (Å²) in [5, 5.41) is 2.86. The zero-order valence-corrected chi connectivity index (χ0v) is 17.2. The average molecular weight is 421 g/mol. The van der Waals surface area contributed by atoms with E-state index in [1.807, 2.05) is 36.7 Å². The number of fused-ring (bicyclic) bond motifs is 1. The lowest BCUT2D eigenvalue weighted by atomic mass is 10.1. The third kappa shape index (κ3) is 3.67. The molecule has 7 heteroatoms. The smallest absolute Gasteiger partial charge is 0.255 e. The fourth-order valence-corrected chi connectivity index (χ4v) is 3.52. The monoisotopic (exact) mass is 421 g/mol. The number of carbonyl (C=O) groups is 2. The minimum atomic E-state index is -0.265. The van der Waals surface area contributed by atoms with Crippen molar-refractivity contribution in [3.05, 3.63) is 90.3 Å². The number of hydrogen-bond acceptors (Lipinski definition) is 4. The quantitative estimate of drug-likeness (QED) is 0.345. The van der Waals surface area contributed by atoms with Crippen LogP contribution in [0.25, 0.3) is 33.8 Å². The van der Waals surface area contributed by atoms with Gasteiger partial charge in [0.1, 0.15) is 11.4 Å². The Labute approximate surface area is 183 Å². The van der Waals surface area contributed by atoms with E-state index in [4.69, 9.17) is 9.97 Å². The van der Waals surface area contributed by atoms with Gasteiger partial charge >= 0.3 is 0 Å². The number of H-pyrrole nitrogens is 2. The van der Waals surface area contributed by atoms with Crippen molar-refractivity contribution < 1.29 is 9.59 Å². The first-order chi connectivity index (χ1) is 15.6. The van der Waals surface area contributed by atoms with Crippen LogP contribution in [0.5, 0.6) is 0 Å². The van der Waals surface area contributed by atoms with Crippen LogP contribution in [0.2, 0.25) is 0 Å². The van der Waals surface area contributed by atoms with Crippen LogP contribution in [-0.4, -0.2) is 31.6 Å². The Bertz CT molecular complexity index is 1420. The molecule has 156 valence electrons. The number of aromatic nitrogens is 4. The number of ketones is 1. The molecule has 3 N–H and O–H groups in total. The van der Waals surface area contributed by atoms with Crippen molar-refractivity contribution in [2.24, 2.45) is 0 Å². The normalized spacial score (nSPS) is 10.9. The molecule has 0 atom stereocenters. The summed E-state index contributed by atoms with van der Waals surface area (Å²) in [5.74, 6) is -0.285. The van der Waals surface area contributed by atoms with Crippen molar-refractivity contribution >= 4 is 28.4 Å². The van der Waals surface area contributed by atoms with E-state index in [-0.39, 0.29) is 11.7 Å². The van der Waals surface area contributed by atoms with Gasteiger partial charge in [0.15, 0.2) is 5.78 Å². The molecular formula is C25H19N5O2. The average Bonchev–Trinajstić information content (AvgIpc) is 3.52. The molecule has 2 aromatic carbocycles. The van der Waals surface area contributed by atoms with E-state index >= 15 is 0 Å². The first-order valence-electron chi connectivity index (χ1n) is 10.1. The van der Waals surface area contributed by atoms with Crippen molar-refractivity contribution in [2.75, 3.05) is 5.32 Å². The van der Waals surface area contributed by atoms with Gasteiger partial charge in [-0.15, -0.1) is 0 Å². The molecule has 5 rings (SSSR count). The second kappa shape index (κ2) is 7.96. The molecule has 0 unspecified atom stereocenters. The Kier molecular flexibility index (Phi) is 4.84. The van der Waals surface area contributed by atoms with E-state index in [0.717, 1.165) is 17.1 Å². The van der Waals surface area contributed by atoms with Crippen molar-refractivity contribution in [1.29, 1.82) is 0 Å². The van der Waals surface area contributed by atoms with Gasteiger partial charge in [-0.05, 0) is 73.7 Å². The number of carbonyl (C=O) groups excluding carboxylic acids is 2. The van der Waals surface area contributed by atoms with Gasteiger partial charge in [-0.2, -0.15) is 0 Å². The highest BCUT2D eigenvalue weighted by molar-refractivity contribution is 6.06. The molecule has 32 heavy (non-hydrogen) atoms. The maximum atomic E-state index is 12.8. The standard InChI is InChI=1S/C25H19N5O2/c1-15(31)16-6-9-18(10-7-16)28-25(32)17-8-11-19-22(14-17)30-24(21-5-3-13-27-21)23(29-19)20-4-2-12-26-20/h2-14,26-27H,1H3,(H,28,32). The second-order valence-corrected chi connectivity index (χ2v) is 7.38. The number of amides is 1. The highest BCUT2D eigenvalue weighted by atomic mass is 16.1. The van der Waals surface area contributed by atoms with Crippen LogP contribution in [0, 0.1) is 0 Å². The van der Waals surface area contributed by atoms with Gasteiger partial charge < -0.3 is 15.3 Å². The van der Waals surface area contributed by atoms with Gasteiger partial charge in [-0.1, -0.05) is 0 Å². The number of rotatable bonds is 5. The minimum absolute atomic E-state index is 0.0208. The van der Waals surface area contributed by atoms with Crippen molar-refractivity contribution in [3.63, 3.8) is 0 Å². The highest BCUT2D eigenvalue weighted by Crippen LogP contribution is 2.29. The molecule has 0 saturated heterocycles. The molecule has 0 bridgehead atoms. The number of aromatic amines is 2. The molecule has 5 aromatic rings. The van der Waals surface area contributed by atoms with Gasteiger partial charge in [0.2, 0.25) is 0 Å². The van der Waals surface area contributed by atoms with Crippen LogP contribution in [0.4, 0.5) is 5.69 Å². The lowest BCUT2D eigenvalue weighted by Crippen LogP contribution is -2.12. The predicted molar refractivity (Wildman–Crippen MR) is 124 cm³/mol. The molecule has 3 aromatic heterocycles.